The van der Waals surface area contributed by atoms with Crippen LogP contribution in [-0.2, 0) is 0 Å². The van der Waals surface area contributed by atoms with Gasteiger partial charge in [-0.25, -0.2) is 0 Å². The molecule has 0 N–H and O–H groups in total. The van der Waals surface area contributed by atoms with Crippen LogP contribution in [-0.4, -0.2) is 0 Å². The molecule has 0 atom stereocenters. The molecule has 8 aromatic rings. The van der Waals surface area contributed by atoms with Gasteiger partial charge in [0.05, 0.1) is 0 Å². The highest BCUT2D eigenvalue weighted by molar-refractivity contribution is 6.24. The van der Waals surface area contributed by atoms with Crippen molar-refractivity contribution in [2.45, 2.75) is 0 Å². The van der Waals surface area contributed by atoms with E-state index in [1.54, 1.807) is 0 Å². The van der Waals surface area contributed by atoms with E-state index in [4.69, 9.17) is 0 Å². The molecular formula is C40H26. The number of hydrogen-bond acceptors (Lipinski definition) is 0. The van der Waals surface area contributed by atoms with Gasteiger partial charge in [0, 0.05) is 0 Å². The van der Waals surface area contributed by atoms with E-state index >= 15 is 0 Å². The van der Waals surface area contributed by atoms with Gasteiger partial charge in [-0.1, -0.05) is 152 Å². The first kappa shape index (κ1) is 22.8. The van der Waals surface area contributed by atoms with Crippen molar-refractivity contribution in [2.75, 3.05) is 0 Å². The molecule has 0 saturated carbocycles. The molecule has 0 unspecified atom stereocenters. The number of hydrogen-bond donors (Lipinski definition) is 0. The normalized spacial score (nSPS) is 11.5. The maximum absolute atomic E-state index is 2.32. The molecule has 8 aromatic carbocycles. The summed E-state index contributed by atoms with van der Waals surface area (Å²) in [4.78, 5) is 0. The number of fused-ring (bicyclic) bond motifs is 5. The summed E-state index contributed by atoms with van der Waals surface area (Å²) in [6, 6.07) is 57.5. The van der Waals surface area contributed by atoms with E-state index in [0.29, 0.717) is 0 Å². The third kappa shape index (κ3) is 3.54. The Morgan fingerprint density at radius 3 is 1.43 bits per heavy atom. The molecule has 0 heterocycles. The summed E-state index contributed by atoms with van der Waals surface area (Å²) in [5, 5.41) is 10.3. The Morgan fingerprint density at radius 1 is 0.250 bits per heavy atom. The zero-order valence-electron chi connectivity index (χ0n) is 22.0. The van der Waals surface area contributed by atoms with Crippen LogP contribution < -0.4 is 0 Å². The van der Waals surface area contributed by atoms with Crippen molar-refractivity contribution in [1.29, 1.82) is 0 Å². The second-order valence-electron chi connectivity index (χ2n) is 10.5. The van der Waals surface area contributed by atoms with Crippen LogP contribution in [0.1, 0.15) is 0 Å². The molecule has 0 radical (unpaired) electrons. The standard InChI is InChI=1S/C40H26/c1-3-12-27(13-4-1)29-22-24-31-30(26-29)23-25-33-32(31)20-11-21-34(33)40-37-18-9-7-16-35(37)39(28-14-5-2-6-15-28)36-17-8-10-19-38(36)40/h1-26H. The van der Waals surface area contributed by atoms with Gasteiger partial charge in [-0.2, -0.15) is 0 Å². The summed E-state index contributed by atoms with van der Waals surface area (Å²) in [6.07, 6.45) is 0. The van der Waals surface area contributed by atoms with E-state index in [1.807, 2.05) is 0 Å². The molecule has 0 bridgehead atoms. The Hall–Kier alpha value is -5.20. The summed E-state index contributed by atoms with van der Waals surface area (Å²) in [5.74, 6) is 0. The van der Waals surface area contributed by atoms with Crippen molar-refractivity contribution in [2.24, 2.45) is 0 Å². The van der Waals surface area contributed by atoms with Gasteiger partial charge in [-0.05, 0) is 82.5 Å². The highest BCUT2D eigenvalue weighted by Gasteiger charge is 2.18. The van der Waals surface area contributed by atoms with Crippen molar-refractivity contribution >= 4 is 43.1 Å². The van der Waals surface area contributed by atoms with Gasteiger partial charge in [0.2, 0.25) is 0 Å². The molecule has 0 amide bonds. The lowest BCUT2D eigenvalue weighted by molar-refractivity contribution is 1.65. The molecule has 40 heavy (non-hydrogen) atoms. The molecule has 0 aliphatic carbocycles. The zero-order valence-corrected chi connectivity index (χ0v) is 22.0. The largest absolute Gasteiger partial charge is 0.0622 e. The van der Waals surface area contributed by atoms with Crippen LogP contribution in [0.4, 0.5) is 0 Å². The molecule has 8 rings (SSSR count). The Balaban J connectivity index is 1.44. The molecule has 0 fully saturated rings. The van der Waals surface area contributed by atoms with E-state index < -0.39 is 0 Å². The molecule has 0 saturated heterocycles. The van der Waals surface area contributed by atoms with Gasteiger partial charge in [-0.15, -0.1) is 0 Å². The summed E-state index contributed by atoms with van der Waals surface area (Å²) in [6.45, 7) is 0. The lowest BCUT2D eigenvalue weighted by Crippen LogP contribution is -1.91. The van der Waals surface area contributed by atoms with E-state index in [-0.39, 0.29) is 0 Å². The van der Waals surface area contributed by atoms with Crippen molar-refractivity contribution in [1.82, 2.24) is 0 Å². The van der Waals surface area contributed by atoms with Crippen molar-refractivity contribution < 1.29 is 0 Å². The smallest absolute Gasteiger partial charge is 0.00201 e. The van der Waals surface area contributed by atoms with Crippen LogP contribution in [0, 0.1) is 0 Å². The van der Waals surface area contributed by atoms with Crippen molar-refractivity contribution in [3.05, 3.63) is 158 Å². The van der Waals surface area contributed by atoms with Gasteiger partial charge >= 0.3 is 0 Å². The topological polar surface area (TPSA) is 0 Å². The number of rotatable bonds is 3. The average Bonchev–Trinajstić information content (AvgIpc) is 3.04. The third-order valence-electron chi connectivity index (χ3n) is 8.25. The van der Waals surface area contributed by atoms with Crippen LogP contribution in [0.2, 0.25) is 0 Å². The fourth-order valence-corrected chi connectivity index (χ4v) is 6.46. The monoisotopic (exact) mass is 506 g/mol. The minimum Gasteiger partial charge on any atom is -0.0622 e. The Labute approximate surface area is 233 Å². The summed E-state index contributed by atoms with van der Waals surface area (Å²) in [5.41, 5.74) is 7.62. The Morgan fingerprint density at radius 2 is 0.775 bits per heavy atom. The van der Waals surface area contributed by atoms with E-state index in [9.17, 15) is 0 Å². The number of benzene rings is 8. The van der Waals surface area contributed by atoms with Gasteiger partial charge in [0.15, 0.2) is 0 Å². The third-order valence-corrected chi connectivity index (χ3v) is 8.25. The molecule has 0 aliphatic heterocycles. The zero-order chi connectivity index (χ0) is 26.5. The minimum absolute atomic E-state index is 1.25. The first-order valence-electron chi connectivity index (χ1n) is 13.9. The highest BCUT2D eigenvalue weighted by atomic mass is 14.2. The SMILES string of the molecule is c1ccc(-c2ccc3c(ccc4c(-c5c6ccccc6c(-c6ccccc6)c6ccccc56)cccc43)c2)cc1. The van der Waals surface area contributed by atoms with E-state index in [0.717, 1.165) is 0 Å². The summed E-state index contributed by atoms with van der Waals surface area (Å²) < 4.78 is 0. The molecule has 186 valence electrons. The van der Waals surface area contributed by atoms with Crippen LogP contribution in [0.3, 0.4) is 0 Å². The second-order valence-corrected chi connectivity index (χ2v) is 10.5. The van der Waals surface area contributed by atoms with E-state index in [1.165, 1.54) is 76.5 Å². The fraction of sp³-hybridized carbons (Fsp3) is 0. The highest BCUT2D eigenvalue weighted by Crippen LogP contribution is 2.45. The lowest BCUT2D eigenvalue weighted by Gasteiger charge is -2.19. The lowest BCUT2D eigenvalue weighted by atomic mass is 9.84. The molecular weight excluding hydrogens is 480 g/mol. The molecule has 0 spiro atoms. The Bertz CT molecular complexity index is 2130. The first-order chi connectivity index (χ1) is 19.9. The Kier molecular flexibility index (Phi) is 5.24. The fourth-order valence-electron chi connectivity index (χ4n) is 6.46. The van der Waals surface area contributed by atoms with Crippen molar-refractivity contribution in [3.63, 3.8) is 0 Å². The van der Waals surface area contributed by atoms with Crippen LogP contribution in [0.15, 0.2) is 158 Å². The van der Waals surface area contributed by atoms with Gasteiger partial charge < -0.3 is 0 Å². The minimum atomic E-state index is 1.25. The quantitative estimate of drug-likeness (QED) is 0.165. The molecule has 0 nitrogen and oxygen atoms in total. The summed E-state index contributed by atoms with van der Waals surface area (Å²) >= 11 is 0. The predicted octanol–water partition coefficient (Wildman–Crippen LogP) is 11.3. The first-order valence-corrected chi connectivity index (χ1v) is 13.9. The molecule has 0 aliphatic rings. The van der Waals surface area contributed by atoms with Crippen LogP contribution in [0.25, 0.3) is 76.5 Å². The van der Waals surface area contributed by atoms with Crippen LogP contribution >= 0.6 is 0 Å². The van der Waals surface area contributed by atoms with Crippen LogP contribution in [0.5, 0.6) is 0 Å². The van der Waals surface area contributed by atoms with Gasteiger partial charge in [0.25, 0.3) is 0 Å². The summed E-state index contributed by atoms with van der Waals surface area (Å²) in [7, 11) is 0. The average molecular weight is 507 g/mol. The van der Waals surface area contributed by atoms with E-state index in [2.05, 4.69) is 158 Å². The van der Waals surface area contributed by atoms with Gasteiger partial charge in [-0.3, -0.25) is 0 Å². The van der Waals surface area contributed by atoms with Gasteiger partial charge in [0.1, 0.15) is 0 Å². The molecule has 0 heteroatoms. The predicted molar refractivity (Wildman–Crippen MR) is 173 cm³/mol. The second kappa shape index (κ2) is 9.22. The maximum atomic E-state index is 2.32. The molecule has 0 aromatic heterocycles. The maximum Gasteiger partial charge on any atom is -0.00201 e. The van der Waals surface area contributed by atoms with Crippen molar-refractivity contribution in [3.8, 4) is 33.4 Å².